The first-order valence-electron chi connectivity index (χ1n) is 10.1. The highest BCUT2D eigenvalue weighted by molar-refractivity contribution is 5.59. The molecular weight excluding hydrogens is 312 g/mol. The molecule has 0 heterocycles. The molecule has 0 saturated heterocycles. The zero-order valence-corrected chi connectivity index (χ0v) is 16.4. The maximum atomic E-state index is 11.2. The highest BCUT2D eigenvalue weighted by Gasteiger charge is 2.07. The van der Waals surface area contributed by atoms with E-state index >= 15 is 0 Å². The second kappa shape index (κ2) is 13.7. The highest BCUT2D eigenvalue weighted by Crippen LogP contribution is 2.19. The van der Waals surface area contributed by atoms with Gasteiger partial charge in [0.25, 0.3) is 0 Å². The Balaban J connectivity index is 2.57. The molecule has 0 spiro atoms. The summed E-state index contributed by atoms with van der Waals surface area (Å²) in [4.78, 5) is 11.2. The van der Waals surface area contributed by atoms with Crippen LogP contribution in [0.3, 0.4) is 0 Å². The molecule has 0 aromatic heterocycles. The molecule has 1 aromatic rings. The fourth-order valence-corrected chi connectivity index (χ4v) is 3.03. The molecule has 142 valence electrons. The third-order valence-electron chi connectivity index (χ3n) is 4.46. The minimum Gasteiger partial charge on any atom is -0.435 e. The van der Waals surface area contributed by atoms with E-state index in [2.05, 4.69) is 32.0 Å². The lowest BCUT2D eigenvalue weighted by atomic mass is 9.94. The number of aryl methyl sites for hydroxylation is 3. The van der Waals surface area contributed by atoms with Crippen molar-refractivity contribution in [2.75, 3.05) is 13.2 Å². The molecule has 0 amide bonds. The van der Waals surface area contributed by atoms with Gasteiger partial charge in [0.15, 0.2) is 0 Å². The van der Waals surface area contributed by atoms with Gasteiger partial charge in [0.1, 0.15) is 0 Å². The Labute approximate surface area is 154 Å². The third-order valence-corrected chi connectivity index (χ3v) is 4.46. The highest BCUT2D eigenvalue weighted by atomic mass is 16.7. The molecule has 0 aliphatic rings. The normalized spacial score (nSPS) is 10.7. The molecule has 0 aliphatic heterocycles. The molecule has 0 N–H and O–H groups in total. The van der Waals surface area contributed by atoms with E-state index in [4.69, 9.17) is 9.47 Å². The number of hydrogen-bond acceptors (Lipinski definition) is 3. The van der Waals surface area contributed by atoms with E-state index in [0.717, 1.165) is 19.3 Å². The van der Waals surface area contributed by atoms with Gasteiger partial charge >= 0.3 is 6.16 Å². The van der Waals surface area contributed by atoms with E-state index < -0.39 is 6.16 Å². The van der Waals surface area contributed by atoms with Crippen molar-refractivity contribution in [3.05, 3.63) is 34.9 Å². The second-order valence-electron chi connectivity index (χ2n) is 6.65. The van der Waals surface area contributed by atoms with Crippen molar-refractivity contribution in [2.24, 2.45) is 0 Å². The average molecular weight is 349 g/mol. The van der Waals surface area contributed by atoms with Crippen molar-refractivity contribution in [2.45, 2.75) is 85.0 Å². The van der Waals surface area contributed by atoms with Gasteiger partial charge in [-0.2, -0.15) is 0 Å². The monoisotopic (exact) mass is 348 g/mol. The number of hydrogen-bond donors (Lipinski definition) is 0. The molecule has 0 unspecified atom stereocenters. The maximum absolute atomic E-state index is 11.2. The molecule has 3 nitrogen and oxygen atoms in total. The van der Waals surface area contributed by atoms with Gasteiger partial charge in [-0.3, -0.25) is 0 Å². The zero-order valence-electron chi connectivity index (χ0n) is 16.4. The second-order valence-corrected chi connectivity index (χ2v) is 6.65. The van der Waals surface area contributed by atoms with Crippen molar-refractivity contribution in [1.82, 2.24) is 0 Å². The van der Waals surface area contributed by atoms with Gasteiger partial charge in [0.2, 0.25) is 0 Å². The van der Waals surface area contributed by atoms with Crippen molar-refractivity contribution >= 4 is 6.16 Å². The molecular formula is C22H36O3. The minimum atomic E-state index is -0.558. The van der Waals surface area contributed by atoms with E-state index in [9.17, 15) is 4.79 Å². The van der Waals surface area contributed by atoms with Crippen LogP contribution in [0.1, 0.15) is 82.4 Å². The predicted molar refractivity (Wildman–Crippen MR) is 104 cm³/mol. The van der Waals surface area contributed by atoms with Crippen LogP contribution < -0.4 is 0 Å². The SMILES string of the molecule is CCCCCc1ccc(CCCOC(=O)OCC)c(CCCCC)c1. The zero-order chi connectivity index (χ0) is 18.3. The molecule has 0 radical (unpaired) electrons. The number of benzene rings is 1. The summed E-state index contributed by atoms with van der Waals surface area (Å²) in [6.45, 7) is 7.06. The fraction of sp³-hybridized carbons (Fsp3) is 0.682. The predicted octanol–water partition coefficient (Wildman–Crippen LogP) is 6.26. The topological polar surface area (TPSA) is 35.5 Å². The van der Waals surface area contributed by atoms with Gasteiger partial charge in [0.05, 0.1) is 13.2 Å². The summed E-state index contributed by atoms with van der Waals surface area (Å²) in [6.07, 6.45) is 11.2. The third kappa shape index (κ3) is 9.52. The van der Waals surface area contributed by atoms with Crippen molar-refractivity contribution in [1.29, 1.82) is 0 Å². The Kier molecular flexibility index (Phi) is 11.8. The van der Waals surface area contributed by atoms with Crippen molar-refractivity contribution in [3.63, 3.8) is 0 Å². The molecule has 0 fully saturated rings. The van der Waals surface area contributed by atoms with Crippen LogP contribution in [-0.2, 0) is 28.7 Å². The average Bonchev–Trinajstić information content (AvgIpc) is 2.61. The summed E-state index contributed by atoms with van der Waals surface area (Å²) < 4.78 is 9.86. The van der Waals surface area contributed by atoms with Gasteiger partial charge in [-0.25, -0.2) is 4.79 Å². The molecule has 0 bridgehead atoms. The summed E-state index contributed by atoms with van der Waals surface area (Å²) in [6, 6.07) is 6.97. The molecule has 0 atom stereocenters. The quantitative estimate of drug-likeness (QED) is 0.312. The minimum absolute atomic E-state index is 0.361. The molecule has 3 heteroatoms. The lowest BCUT2D eigenvalue weighted by molar-refractivity contribution is 0.0584. The van der Waals surface area contributed by atoms with Crippen LogP contribution in [0.25, 0.3) is 0 Å². The van der Waals surface area contributed by atoms with Crippen LogP contribution in [0.5, 0.6) is 0 Å². The van der Waals surface area contributed by atoms with E-state index in [0.29, 0.717) is 13.2 Å². The van der Waals surface area contributed by atoms with Crippen LogP contribution in [0.2, 0.25) is 0 Å². The Morgan fingerprint density at radius 2 is 1.48 bits per heavy atom. The summed E-state index contributed by atoms with van der Waals surface area (Å²) in [5.74, 6) is 0. The number of unbranched alkanes of at least 4 members (excludes halogenated alkanes) is 4. The Morgan fingerprint density at radius 3 is 2.16 bits per heavy atom. The summed E-state index contributed by atoms with van der Waals surface area (Å²) in [5.41, 5.74) is 4.35. The van der Waals surface area contributed by atoms with E-state index in [1.165, 1.54) is 61.6 Å². The largest absolute Gasteiger partial charge is 0.508 e. The fourth-order valence-electron chi connectivity index (χ4n) is 3.03. The number of carbonyl (C=O) groups excluding carboxylic acids is 1. The van der Waals surface area contributed by atoms with Gasteiger partial charge in [0, 0.05) is 0 Å². The van der Waals surface area contributed by atoms with E-state index in [-0.39, 0.29) is 0 Å². The number of carbonyl (C=O) groups is 1. The molecule has 0 saturated carbocycles. The maximum Gasteiger partial charge on any atom is 0.508 e. The Bertz CT molecular complexity index is 482. The number of rotatable bonds is 13. The molecule has 1 rings (SSSR count). The molecule has 1 aromatic carbocycles. The number of ether oxygens (including phenoxy) is 2. The summed E-state index contributed by atoms with van der Waals surface area (Å²) >= 11 is 0. The van der Waals surface area contributed by atoms with Gasteiger partial charge in [-0.1, -0.05) is 57.7 Å². The lowest BCUT2D eigenvalue weighted by Gasteiger charge is -2.12. The van der Waals surface area contributed by atoms with Crippen molar-refractivity contribution < 1.29 is 14.3 Å². The smallest absolute Gasteiger partial charge is 0.435 e. The van der Waals surface area contributed by atoms with E-state index in [1.807, 2.05) is 0 Å². The van der Waals surface area contributed by atoms with Crippen LogP contribution >= 0.6 is 0 Å². The Hall–Kier alpha value is -1.51. The first-order valence-corrected chi connectivity index (χ1v) is 10.1. The van der Waals surface area contributed by atoms with Crippen molar-refractivity contribution in [3.8, 4) is 0 Å². The first kappa shape index (κ1) is 21.5. The van der Waals surface area contributed by atoms with E-state index in [1.54, 1.807) is 6.92 Å². The summed E-state index contributed by atoms with van der Waals surface area (Å²) in [5, 5.41) is 0. The van der Waals surface area contributed by atoms with Gasteiger partial charge in [-0.15, -0.1) is 0 Å². The van der Waals surface area contributed by atoms with Crippen LogP contribution in [-0.4, -0.2) is 19.4 Å². The lowest BCUT2D eigenvalue weighted by Crippen LogP contribution is -2.09. The molecule has 0 aliphatic carbocycles. The van der Waals surface area contributed by atoms with Gasteiger partial charge < -0.3 is 9.47 Å². The standard InChI is InChI=1S/C22H36O3/c1-4-7-9-12-19-15-16-20(21(18-19)13-10-8-5-2)14-11-17-25-22(23)24-6-3/h15-16,18H,4-14,17H2,1-3H3. The first-order chi connectivity index (χ1) is 12.2. The van der Waals surface area contributed by atoms with Gasteiger partial charge in [-0.05, 0) is 62.1 Å². The van der Waals surface area contributed by atoms with Crippen LogP contribution in [0.15, 0.2) is 18.2 Å². The summed E-state index contributed by atoms with van der Waals surface area (Å²) in [7, 11) is 0. The van der Waals surface area contributed by atoms with Crippen LogP contribution in [0.4, 0.5) is 4.79 Å². The Morgan fingerprint density at radius 1 is 0.800 bits per heavy atom. The molecule has 25 heavy (non-hydrogen) atoms. The van der Waals surface area contributed by atoms with Crippen LogP contribution in [0, 0.1) is 0 Å².